The fourth-order valence-electron chi connectivity index (χ4n) is 3.57. The van der Waals surface area contributed by atoms with E-state index in [2.05, 4.69) is 6.92 Å². The van der Waals surface area contributed by atoms with E-state index < -0.39 is 0 Å². The third-order valence-corrected chi connectivity index (χ3v) is 4.36. The van der Waals surface area contributed by atoms with Gasteiger partial charge in [0, 0.05) is 25.2 Å². The summed E-state index contributed by atoms with van der Waals surface area (Å²) in [6.45, 7) is 2.20. The molecule has 3 fully saturated rings. The highest BCUT2D eigenvalue weighted by molar-refractivity contribution is 5.94. The van der Waals surface area contributed by atoms with Gasteiger partial charge >= 0.3 is 0 Å². The lowest BCUT2D eigenvalue weighted by atomic mass is 9.78. The van der Waals surface area contributed by atoms with Crippen molar-refractivity contribution in [2.45, 2.75) is 26.2 Å². The molecule has 2 nitrogen and oxygen atoms in total. The number of fused-ring (bicyclic) bond motifs is 1. The molecule has 4 unspecified atom stereocenters. The zero-order valence-electron chi connectivity index (χ0n) is 7.17. The zero-order valence-corrected chi connectivity index (χ0v) is 7.17. The van der Waals surface area contributed by atoms with Crippen LogP contribution in [-0.4, -0.2) is 11.6 Å². The molecule has 2 heteroatoms. The van der Waals surface area contributed by atoms with Crippen LogP contribution in [0, 0.1) is 23.2 Å². The molecule has 3 saturated carbocycles. The molecule has 64 valence electrons. The van der Waals surface area contributed by atoms with Crippen molar-refractivity contribution in [1.29, 1.82) is 0 Å². The molecule has 0 amide bonds. The van der Waals surface area contributed by atoms with Gasteiger partial charge in [-0.05, 0) is 17.3 Å². The number of ketones is 2. The Hall–Kier alpha value is -0.660. The van der Waals surface area contributed by atoms with Gasteiger partial charge < -0.3 is 0 Å². The van der Waals surface area contributed by atoms with Gasteiger partial charge in [0.25, 0.3) is 0 Å². The van der Waals surface area contributed by atoms with E-state index in [4.69, 9.17) is 0 Å². The fourth-order valence-corrected chi connectivity index (χ4v) is 3.57. The number of carbonyl (C=O) groups is 2. The van der Waals surface area contributed by atoms with Crippen LogP contribution in [0.5, 0.6) is 0 Å². The predicted octanol–water partition coefficient (Wildman–Crippen LogP) is 1.19. The summed E-state index contributed by atoms with van der Waals surface area (Å²) in [5, 5.41) is 0. The standard InChI is InChI=1S/C10H12O2/c1-10-5-2-6(11)4-7(10)9(10)8(12)3-5/h5,7,9H,2-4H2,1H3. The third-order valence-electron chi connectivity index (χ3n) is 4.36. The lowest BCUT2D eigenvalue weighted by Crippen LogP contribution is -2.24. The van der Waals surface area contributed by atoms with Crippen LogP contribution >= 0.6 is 0 Å². The van der Waals surface area contributed by atoms with E-state index in [0.717, 1.165) is 0 Å². The lowest BCUT2D eigenvalue weighted by molar-refractivity contribution is -0.124. The summed E-state index contributed by atoms with van der Waals surface area (Å²) in [7, 11) is 0. The molecule has 0 aromatic heterocycles. The average Bonchev–Trinajstić information content (AvgIpc) is 2.45. The van der Waals surface area contributed by atoms with E-state index in [1.807, 2.05) is 0 Å². The molecule has 3 rings (SSSR count). The molecule has 4 atom stereocenters. The van der Waals surface area contributed by atoms with Crippen molar-refractivity contribution in [3.63, 3.8) is 0 Å². The van der Waals surface area contributed by atoms with Crippen molar-refractivity contribution >= 4 is 11.6 Å². The summed E-state index contributed by atoms with van der Waals surface area (Å²) in [5.74, 6) is 1.93. The molecule has 0 aromatic rings. The molecular formula is C10H12O2. The van der Waals surface area contributed by atoms with Crippen molar-refractivity contribution in [3.8, 4) is 0 Å². The molecule has 0 heterocycles. The van der Waals surface area contributed by atoms with E-state index in [1.54, 1.807) is 0 Å². The van der Waals surface area contributed by atoms with Gasteiger partial charge in [-0.15, -0.1) is 0 Å². The molecule has 0 aromatic carbocycles. The highest BCUT2D eigenvalue weighted by atomic mass is 16.1. The number of hydrogen-bond acceptors (Lipinski definition) is 2. The molecule has 0 radical (unpaired) electrons. The predicted molar refractivity (Wildman–Crippen MR) is 42.4 cm³/mol. The van der Waals surface area contributed by atoms with Gasteiger partial charge in [-0.3, -0.25) is 9.59 Å². The highest BCUT2D eigenvalue weighted by Crippen LogP contribution is 2.73. The van der Waals surface area contributed by atoms with Crippen LogP contribution in [0.1, 0.15) is 26.2 Å². The van der Waals surface area contributed by atoms with Crippen molar-refractivity contribution in [3.05, 3.63) is 0 Å². The Bertz CT molecular complexity index is 294. The van der Waals surface area contributed by atoms with Gasteiger partial charge in [0.2, 0.25) is 0 Å². The highest BCUT2D eigenvalue weighted by Gasteiger charge is 2.73. The van der Waals surface area contributed by atoms with Crippen LogP contribution in [-0.2, 0) is 9.59 Å². The lowest BCUT2D eigenvalue weighted by Gasteiger charge is -2.24. The summed E-state index contributed by atoms with van der Waals surface area (Å²) in [5.41, 5.74) is 0.255. The summed E-state index contributed by atoms with van der Waals surface area (Å²) < 4.78 is 0. The quantitative estimate of drug-likeness (QED) is 0.539. The van der Waals surface area contributed by atoms with Crippen LogP contribution in [0.2, 0.25) is 0 Å². The molecule has 12 heavy (non-hydrogen) atoms. The molecule has 3 aliphatic carbocycles. The topological polar surface area (TPSA) is 34.1 Å². The van der Waals surface area contributed by atoms with Crippen LogP contribution in [0.25, 0.3) is 0 Å². The Morgan fingerprint density at radius 2 is 2.00 bits per heavy atom. The van der Waals surface area contributed by atoms with Gasteiger partial charge in [-0.2, -0.15) is 0 Å². The van der Waals surface area contributed by atoms with Gasteiger partial charge in [0.1, 0.15) is 11.6 Å². The second kappa shape index (κ2) is 1.66. The molecular weight excluding hydrogens is 152 g/mol. The van der Waals surface area contributed by atoms with E-state index in [1.165, 1.54) is 0 Å². The second-order valence-electron chi connectivity index (χ2n) is 4.76. The van der Waals surface area contributed by atoms with Crippen molar-refractivity contribution in [1.82, 2.24) is 0 Å². The number of Topliss-reactive ketones (excluding diaryl/α,β-unsaturated/α-hetero) is 2. The van der Waals surface area contributed by atoms with Gasteiger partial charge in [-0.1, -0.05) is 6.92 Å². The molecule has 0 N–H and O–H groups in total. The van der Waals surface area contributed by atoms with Crippen LogP contribution in [0.4, 0.5) is 0 Å². The molecule has 3 aliphatic rings. The molecule has 0 saturated heterocycles. The first kappa shape index (κ1) is 6.81. The van der Waals surface area contributed by atoms with Crippen molar-refractivity contribution in [2.75, 3.05) is 0 Å². The Balaban J connectivity index is 2.02. The Morgan fingerprint density at radius 1 is 1.25 bits per heavy atom. The zero-order chi connectivity index (χ0) is 8.51. The molecule has 0 spiro atoms. The Kier molecular flexibility index (Phi) is 0.940. The van der Waals surface area contributed by atoms with Crippen LogP contribution in [0.15, 0.2) is 0 Å². The molecule has 0 aliphatic heterocycles. The van der Waals surface area contributed by atoms with Gasteiger partial charge in [0.05, 0.1) is 0 Å². The number of hydrogen-bond donors (Lipinski definition) is 0. The Labute approximate surface area is 71.3 Å². The van der Waals surface area contributed by atoms with Crippen LogP contribution in [0.3, 0.4) is 0 Å². The second-order valence-corrected chi connectivity index (χ2v) is 4.76. The first-order valence-electron chi connectivity index (χ1n) is 4.68. The average molecular weight is 164 g/mol. The van der Waals surface area contributed by atoms with Crippen LogP contribution < -0.4 is 0 Å². The summed E-state index contributed by atoms with van der Waals surface area (Å²) in [6.07, 6.45) is 2.04. The largest absolute Gasteiger partial charge is 0.300 e. The maximum atomic E-state index is 11.4. The van der Waals surface area contributed by atoms with Gasteiger partial charge in [0.15, 0.2) is 0 Å². The maximum Gasteiger partial charge on any atom is 0.137 e. The summed E-state index contributed by atoms with van der Waals surface area (Å²) >= 11 is 0. The first-order chi connectivity index (χ1) is 5.64. The van der Waals surface area contributed by atoms with Crippen molar-refractivity contribution < 1.29 is 9.59 Å². The maximum absolute atomic E-state index is 11.4. The van der Waals surface area contributed by atoms with Gasteiger partial charge in [-0.25, -0.2) is 0 Å². The minimum Gasteiger partial charge on any atom is -0.300 e. The third kappa shape index (κ3) is 0.520. The summed E-state index contributed by atoms with van der Waals surface area (Å²) in [4.78, 5) is 22.7. The van der Waals surface area contributed by atoms with E-state index in [-0.39, 0.29) is 11.3 Å². The van der Waals surface area contributed by atoms with E-state index >= 15 is 0 Å². The minimum atomic E-state index is 0.255. The normalized spacial score (nSPS) is 55.6. The Morgan fingerprint density at radius 3 is 2.67 bits per heavy atom. The van der Waals surface area contributed by atoms with E-state index in [9.17, 15) is 9.59 Å². The SMILES string of the molecule is CC12C3CC(=O)CC1C2C(=O)C3. The smallest absolute Gasteiger partial charge is 0.137 e. The number of rotatable bonds is 0. The van der Waals surface area contributed by atoms with Crippen molar-refractivity contribution in [2.24, 2.45) is 23.2 Å². The molecule has 0 bridgehead atoms. The summed E-state index contributed by atoms with van der Waals surface area (Å²) in [6, 6.07) is 0. The minimum absolute atomic E-state index is 0.255. The fraction of sp³-hybridized carbons (Fsp3) is 0.800. The first-order valence-corrected chi connectivity index (χ1v) is 4.68. The number of carbonyl (C=O) groups excluding carboxylic acids is 2. The monoisotopic (exact) mass is 164 g/mol. The van der Waals surface area contributed by atoms with E-state index in [0.29, 0.717) is 42.7 Å².